The van der Waals surface area contributed by atoms with Crippen LogP contribution in [0.3, 0.4) is 0 Å². The number of para-hydroxylation sites is 1. The summed E-state index contributed by atoms with van der Waals surface area (Å²) in [4.78, 5) is 13.7. The number of piperazine rings is 1. The molecular formula is C20H22F3N3O3S. The Labute approximate surface area is 173 Å². The fraction of sp³-hybridized carbons (Fsp3) is 0.350. The zero-order valence-corrected chi connectivity index (χ0v) is 17.0. The number of nitrogens with zero attached hydrogens (tertiary/aromatic N) is 2. The molecule has 0 saturated carbocycles. The SMILES string of the molecule is O=C(NCCCS(=O)(=O)N1CCN(c2ccccc2F)CC1)c1c(F)cccc1F. The molecule has 1 aliphatic rings. The van der Waals surface area contributed by atoms with E-state index >= 15 is 0 Å². The lowest BCUT2D eigenvalue weighted by Gasteiger charge is -2.35. The molecule has 1 aliphatic heterocycles. The first-order chi connectivity index (χ1) is 14.3. The first kappa shape index (κ1) is 22.1. The first-order valence-corrected chi connectivity index (χ1v) is 11.1. The highest BCUT2D eigenvalue weighted by Gasteiger charge is 2.27. The van der Waals surface area contributed by atoms with Crippen molar-refractivity contribution >= 4 is 21.6 Å². The van der Waals surface area contributed by atoms with Crippen LogP contribution in [0.1, 0.15) is 16.8 Å². The number of anilines is 1. The van der Waals surface area contributed by atoms with Crippen molar-refractivity contribution in [3.63, 3.8) is 0 Å². The van der Waals surface area contributed by atoms with E-state index in [4.69, 9.17) is 0 Å². The highest BCUT2D eigenvalue weighted by molar-refractivity contribution is 7.89. The summed E-state index contributed by atoms with van der Waals surface area (Å²) in [5.41, 5.74) is -0.248. The van der Waals surface area contributed by atoms with E-state index in [0.717, 1.165) is 18.2 Å². The molecule has 1 N–H and O–H groups in total. The third-order valence-corrected chi connectivity index (χ3v) is 6.84. The number of hydrogen-bond donors (Lipinski definition) is 1. The number of hydrogen-bond acceptors (Lipinski definition) is 4. The number of sulfonamides is 1. The smallest absolute Gasteiger partial charge is 0.257 e. The van der Waals surface area contributed by atoms with Crippen LogP contribution in [0.25, 0.3) is 0 Å². The van der Waals surface area contributed by atoms with E-state index in [0.29, 0.717) is 18.8 Å². The summed E-state index contributed by atoms with van der Waals surface area (Å²) >= 11 is 0. The van der Waals surface area contributed by atoms with Gasteiger partial charge in [0.2, 0.25) is 10.0 Å². The quantitative estimate of drug-likeness (QED) is 0.670. The molecule has 1 saturated heterocycles. The van der Waals surface area contributed by atoms with Gasteiger partial charge in [-0.1, -0.05) is 18.2 Å². The number of nitrogens with one attached hydrogen (secondary N) is 1. The van der Waals surface area contributed by atoms with E-state index in [1.54, 1.807) is 23.1 Å². The lowest BCUT2D eigenvalue weighted by atomic mass is 10.2. The Kier molecular flexibility index (Phi) is 6.99. The summed E-state index contributed by atoms with van der Waals surface area (Å²) in [7, 11) is -3.56. The Morgan fingerprint density at radius 2 is 1.50 bits per heavy atom. The zero-order chi connectivity index (χ0) is 21.7. The van der Waals surface area contributed by atoms with Crippen molar-refractivity contribution in [3.8, 4) is 0 Å². The predicted molar refractivity (Wildman–Crippen MR) is 107 cm³/mol. The molecular weight excluding hydrogens is 419 g/mol. The Morgan fingerprint density at radius 3 is 2.13 bits per heavy atom. The van der Waals surface area contributed by atoms with Gasteiger partial charge in [0.25, 0.3) is 5.91 Å². The molecule has 2 aromatic rings. The Morgan fingerprint density at radius 1 is 0.900 bits per heavy atom. The van der Waals surface area contributed by atoms with Gasteiger partial charge >= 0.3 is 0 Å². The normalized spacial score (nSPS) is 15.2. The van der Waals surface area contributed by atoms with Gasteiger partial charge in [0, 0.05) is 32.7 Å². The van der Waals surface area contributed by atoms with Gasteiger partial charge in [-0.2, -0.15) is 4.31 Å². The van der Waals surface area contributed by atoms with E-state index in [9.17, 15) is 26.4 Å². The number of amides is 1. The molecule has 162 valence electrons. The van der Waals surface area contributed by atoms with Gasteiger partial charge in [-0.3, -0.25) is 4.79 Å². The van der Waals surface area contributed by atoms with Crippen molar-refractivity contribution in [1.29, 1.82) is 0 Å². The average molecular weight is 441 g/mol. The van der Waals surface area contributed by atoms with Gasteiger partial charge < -0.3 is 10.2 Å². The van der Waals surface area contributed by atoms with Gasteiger partial charge in [0.05, 0.1) is 11.4 Å². The number of carbonyl (C=O) groups excluding carboxylic acids is 1. The lowest BCUT2D eigenvalue weighted by Crippen LogP contribution is -2.49. The second kappa shape index (κ2) is 9.48. The highest BCUT2D eigenvalue weighted by atomic mass is 32.2. The summed E-state index contributed by atoms with van der Waals surface area (Å²) < 4.78 is 67.4. The molecule has 0 spiro atoms. The minimum Gasteiger partial charge on any atom is -0.367 e. The largest absolute Gasteiger partial charge is 0.367 e. The number of carbonyl (C=O) groups is 1. The van der Waals surface area contributed by atoms with Crippen LogP contribution in [0.2, 0.25) is 0 Å². The molecule has 0 radical (unpaired) electrons. The molecule has 10 heteroatoms. The minimum atomic E-state index is -3.56. The van der Waals surface area contributed by atoms with Crippen LogP contribution >= 0.6 is 0 Å². The molecule has 0 bridgehead atoms. The second-order valence-electron chi connectivity index (χ2n) is 6.86. The van der Waals surface area contributed by atoms with Crippen LogP contribution in [-0.2, 0) is 10.0 Å². The van der Waals surface area contributed by atoms with Crippen molar-refractivity contribution in [2.24, 2.45) is 0 Å². The Hall–Kier alpha value is -2.59. The molecule has 2 aromatic carbocycles. The molecule has 30 heavy (non-hydrogen) atoms. The van der Waals surface area contributed by atoms with Crippen LogP contribution in [0, 0.1) is 17.5 Å². The van der Waals surface area contributed by atoms with Crippen LogP contribution in [0.5, 0.6) is 0 Å². The summed E-state index contributed by atoms with van der Waals surface area (Å²) in [6.45, 7) is 1.14. The highest BCUT2D eigenvalue weighted by Crippen LogP contribution is 2.21. The van der Waals surface area contributed by atoms with Crippen LogP contribution in [-0.4, -0.2) is 57.1 Å². The third-order valence-electron chi connectivity index (χ3n) is 4.88. The molecule has 3 rings (SSSR count). The molecule has 1 heterocycles. The number of rotatable bonds is 7. The Bertz CT molecular complexity index is 989. The fourth-order valence-electron chi connectivity index (χ4n) is 3.30. The van der Waals surface area contributed by atoms with E-state index < -0.39 is 33.1 Å². The van der Waals surface area contributed by atoms with Crippen LogP contribution in [0.15, 0.2) is 42.5 Å². The van der Waals surface area contributed by atoms with E-state index in [-0.39, 0.29) is 37.6 Å². The predicted octanol–water partition coefficient (Wildman–Crippen LogP) is 2.38. The third kappa shape index (κ3) is 5.11. The summed E-state index contributed by atoms with van der Waals surface area (Å²) in [5.74, 6) is -3.45. The topological polar surface area (TPSA) is 69.7 Å². The lowest BCUT2D eigenvalue weighted by molar-refractivity contribution is 0.0945. The summed E-state index contributed by atoms with van der Waals surface area (Å²) in [5, 5.41) is 2.34. The number of halogens is 3. The van der Waals surface area contributed by atoms with Crippen molar-refractivity contribution in [2.75, 3.05) is 43.4 Å². The minimum absolute atomic E-state index is 0.0406. The maximum atomic E-state index is 13.9. The average Bonchev–Trinajstić information content (AvgIpc) is 2.72. The molecule has 0 unspecified atom stereocenters. The molecule has 0 atom stereocenters. The van der Waals surface area contributed by atoms with Crippen LogP contribution < -0.4 is 10.2 Å². The Balaban J connectivity index is 1.47. The maximum Gasteiger partial charge on any atom is 0.257 e. The monoisotopic (exact) mass is 441 g/mol. The number of benzene rings is 2. The van der Waals surface area contributed by atoms with E-state index in [2.05, 4.69) is 5.32 Å². The zero-order valence-electron chi connectivity index (χ0n) is 16.2. The molecule has 6 nitrogen and oxygen atoms in total. The van der Waals surface area contributed by atoms with Gasteiger partial charge in [0.15, 0.2) is 0 Å². The van der Waals surface area contributed by atoms with Crippen molar-refractivity contribution in [3.05, 3.63) is 65.5 Å². The van der Waals surface area contributed by atoms with Crippen LogP contribution in [0.4, 0.5) is 18.9 Å². The summed E-state index contributed by atoms with van der Waals surface area (Å²) in [6, 6.07) is 9.44. The standard InChI is InChI=1S/C20H22F3N3O3S/c21-15-5-1-2-8-18(15)25-10-12-26(13-11-25)30(28,29)14-4-9-24-20(27)19-16(22)6-3-7-17(19)23/h1-3,5-8H,4,9-14H2,(H,24,27). The van der Waals surface area contributed by atoms with E-state index in [1.807, 2.05) is 0 Å². The maximum absolute atomic E-state index is 13.9. The molecule has 0 aliphatic carbocycles. The van der Waals surface area contributed by atoms with Crippen molar-refractivity contribution in [2.45, 2.75) is 6.42 Å². The molecule has 1 amide bonds. The van der Waals surface area contributed by atoms with Gasteiger partial charge in [-0.25, -0.2) is 21.6 Å². The molecule has 0 aromatic heterocycles. The fourth-order valence-corrected chi connectivity index (χ4v) is 4.79. The van der Waals surface area contributed by atoms with Crippen molar-refractivity contribution < 1.29 is 26.4 Å². The molecule has 1 fully saturated rings. The van der Waals surface area contributed by atoms with Gasteiger partial charge in [-0.15, -0.1) is 0 Å². The van der Waals surface area contributed by atoms with Gasteiger partial charge in [0.1, 0.15) is 23.0 Å². The summed E-state index contributed by atoms with van der Waals surface area (Å²) in [6.07, 6.45) is 0.0949. The first-order valence-electron chi connectivity index (χ1n) is 9.49. The van der Waals surface area contributed by atoms with Gasteiger partial charge in [-0.05, 0) is 30.7 Å². The van der Waals surface area contributed by atoms with E-state index in [1.165, 1.54) is 10.4 Å². The van der Waals surface area contributed by atoms with Crippen molar-refractivity contribution in [1.82, 2.24) is 9.62 Å². The second-order valence-corrected chi connectivity index (χ2v) is 8.95.